The third-order valence-corrected chi connectivity index (χ3v) is 7.66. The molecule has 0 bridgehead atoms. The van der Waals surface area contributed by atoms with Gasteiger partial charge in [-0.15, -0.1) is 0 Å². The third-order valence-electron chi connectivity index (χ3n) is 7.66. The first-order valence-corrected chi connectivity index (χ1v) is 13.4. The molecule has 4 aromatic rings. The van der Waals surface area contributed by atoms with Gasteiger partial charge in [0.05, 0.1) is 18.7 Å². The molecule has 0 N–H and O–H groups in total. The highest BCUT2D eigenvalue weighted by Crippen LogP contribution is 2.35. The van der Waals surface area contributed by atoms with Gasteiger partial charge in [0.2, 0.25) is 0 Å². The molecule has 4 rings (SSSR count). The normalized spacial score (nSPS) is 13.4. The summed E-state index contributed by atoms with van der Waals surface area (Å²) in [5.74, 6) is 2.33. The molecule has 2 nitrogen and oxygen atoms in total. The first-order chi connectivity index (χ1) is 18.1. The first kappa shape index (κ1) is 26.2. The van der Waals surface area contributed by atoms with Gasteiger partial charge in [-0.05, 0) is 95.5 Å². The van der Waals surface area contributed by atoms with Gasteiger partial charge in [0.25, 0.3) is 0 Å². The van der Waals surface area contributed by atoms with Crippen molar-refractivity contribution in [3.05, 3.63) is 125 Å². The third kappa shape index (κ3) is 7.11. The molecule has 0 saturated heterocycles. The van der Waals surface area contributed by atoms with E-state index in [0.717, 1.165) is 37.0 Å². The van der Waals surface area contributed by atoms with Crippen molar-refractivity contribution in [3.8, 4) is 22.9 Å². The summed E-state index contributed by atoms with van der Waals surface area (Å²) < 4.78 is 5.40. The highest BCUT2D eigenvalue weighted by atomic mass is 16.5. The smallest absolute Gasteiger partial charge is 0.118 e. The van der Waals surface area contributed by atoms with E-state index in [4.69, 9.17) is 10.00 Å². The number of benzene rings is 4. The van der Waals surface area contributed by atoms with Gasteiger partial charge < -0.3 is 4.74 Å². The van der Waals surface area contributed by atoms with E-state index in [-0.39, 0.29) is 0 Å². The van der Waals surface area contributed by atoms with Crippen LogP contribution in [0.5, 0.6) is 5.75 Å². The fourth-order valence-corrected chi connectivity index (χ4v) is 5.13. The molecule has 0 radical (unpaired) electrons. The molecule has 0 spiro atoms. The van der Waals surface area contributed by atoms with E-state index in [9.17, 15) is 0 Å². The van der Waals surface area contributed by atoms with E-state index in [2.05, 4.69) is 111 Å². The van der Waals surface area contributed by atoms with Crippen molar-refractivity contribution >= 4 is 0 Å². The van der Waals surface area contributed by atoms with Crippen LogP contribution in [0.3, 0.4) is 0 Å². The molecule has 3 atom stereocenters. The average Bonchev–Trinajstić information content (AvgIpc) is 2.97. The minimum atomic E-state index is 0.452. The van der Waals surface area contributed by atoms with Gasteiger partial charge in [-0.1, -0.05) is 92.7 Å². The van der Waals surface area contributed by atoms with Crippen LogP contribution in [0, 0.1) is 11.3 Å². The van der Waals surface area contributed by atoms with Crippen molar-refractivity contribution in [1.29, 1.82) is 5.26 Å². The monoisotopic (exact) mass is 487 g/mol. The molecule has 0 heterocycles. The molecule has 0 amide bonds. The van der Waals surface area contributed by atoms with Crippen molar-refractivity contribution in [2.45, 2.75) is 57.3 Å². The SMILES string of the molecule is COc1ccc(C(CCC(C)c2ccc(C#N)cc2)CCC(C)c2cccc(-c3ccccc3)c2)cc1. The van der Waals surface area contributed by atoms with Gasteiger partial charge >= 0.3 is 0 Å². The molecule has 3 unspecified atom stereocenters. The first-order valence-electron chi connectivity index (χ1n) is 13.4. The van der Waals surface area contributed by atoms with Crippen LogP contribution in [0.2, 0.25) is 0 Å². The molecule has 0 fully saturated rings. The Morgan fingerprint density at radius 3 is 1.84 bits per heavy atom. The summed E-state index contributed by atoms with van der Waals surface area (Å²) in [4.78, 5) is 0. The molecule has 2 heteroatoms. The van der Waals surface area contributed by atoms with Gasteiger partial charge in [0, 0.05) is 0 Å². The Bertz CT molecular complexity index is 1290. The maximum atomic E-state index is 9.11. The zero-order valence-corrected chi connectivity index (χ0v) is 22.2. The Morgan fingerprint density at radius 1 is 0.622 bits per heavy atom. The van der Waals surface area contributed by atoms with Gasteiger partial charge in [0.15, 0.2) is 0 Å². The highest BCUT2D eigenvalue weighted by Gasteiger charge is 2.17. The van der Waals surface area contributed by atoms with Gasteiger partial charge in [0.1, 0.15) is 5.75 Å². The molecule has 188 valence electrons. The van der Waals surface area contributed by atoms with Crippen LogP contribution >= 0.6 is 0 Å². The minimum Gasteiger partial charge on any atom is -0.497 e. The summed E-state index contributed by atoms with van der Waals surface area (Å²) >= 11 is 0. The van der Waals surface area contributed by atoms with Crippen LogP contribution in [0.15, 0.2) is 103 Å². The fraction of sp³-hybridized carbons (Fsp3) is 0.286. The van der Waals surface area contributed by atoms with Crippen LogP contribution < -0.4 is 4.74 Å². The summed E-state index contributed by atoms with van der Waals surface area (Å²) in [5, 5.41) is 9.11. The van der Waals surface area contributed by atoms with Crippen LogP contribution in [-0.4, -0.2) is 7.11 Å². The second-order valence-electron chi connectivity index (χ2n) is 10.2. The number of hydrogen-bond acceptors (Lipinski definition) is 2. The van der Waals surface area contributed by atoms with Crippen molar-refractivity contribution < 1.29 is 4.74 Å². The number of methoxy groups -OCH3 is 1. The number of nitriles is 1. The Balaban J connectivity index is 1.45. The number of rotatable bonds is 11. The zero-order chi connectivity index (χ0) is 26.0. The summed E-state index contributed by atoms with van der Waals surface area (Å²) in [6, 6.07) is 38.6. The number of nitrogens with zero attached hydrogens (tertiary/aromatic N) is 1. The molecule has 0 aliphatic rings. The quantitative estimate of drug-likeness (QED) is 0.211. The van der Waals surface area contributed by atoms with Crippen molar-refractivity contribution in [2.24, 2.45) is 0 Å². The van der Waals surface area contributed by atoms with E-state index in [1.165, 1.54) is 27.8 Å². The lowest BCUT2D eigenvalue weighted by Crippen LogP contribution is -2.05. The lowest BCUT2D eigenvalue weighted by Gasteiger charge is -2.22. The van der Waals surface area contributed by atoms with Crippen LogP contribution in [0.25, 0.3) is 11.1 Å². The van der Waals surface area contributed by atoms with Gasteiger partial charge in [-0.25, -0.2) is 0 Å². The second kappa shape index (κ2) is 12.9. The summed E-state index contributed by atoms with van der Waals surface area (Å²) in [6.07, 6.45) is 4.52. The number of hydrogen-bond donors (Lipinski definition) is 0. The highest BCUT2D eigenvalue weighted by molar-refractivity contribution is 5.64. The lowest BCUT2D eigenvalue weighted by atomic mass is 9.83. The van der Waals surface area contributed by atoms with Crippen molar-refractivity contribution in [2.75, 3.05) is 7.11 Å². The largest absolute Gasteiger partial charge is 0.497 e. The van der Waals surface area contributed by atoms with Gasteiger partial charge in [-0.3, -0.25) is 0 Å². The van der Waals surface area contributed by atoms with E-state index < -0.39 is 0 Å². The molecule has 4 aromatic carbocycles. The second-order valence-corrected chi connectivity index (χ2v) is 10.2. The van der Waals surface area contributed by atoms with Crippen molar-refractivity contribution in [1.82, 2.24) is 0 Å². The Morgan fingerprint density at radius 2 is 1.22 bits per heavy atom. The summed E-state index contributed by atoms with van der Waals surface area (Å²) in [6.45, 7) is 4.65. The summed E-state index contributed by atoms with van der Waals surface area (Å²) in [7, 11) is 1.72. The molecule has 0 aliphatic heterocycles. The van der Waals surface area contributed by atoms with Crippen LogP contribution in [0.1, 0.15) is 79.5 Å². The zero-order valence-electron chi connectivity index (χ0n) is 22.2. The van der Waals surface area contributed by atoms with E-state index in [1.54, 1.807) is 7.11 Å². The Hall–Kier alpha value is -3.83. The lowest BCUT2D eigenvalue weighted by molar-refractivity contribution is 0.414. The van der Waals surface area contributed by atoms with E-state index in [0.29, 0.717) is 17.8 Å². The Labute approximate surface area is 222 Å². The molecule has 0 aromatic heterocycles. The maximum Gasteiger partial charge on any atom is 0.118 e. The van der Waals surface area contributed by atoms with E-state index in [1.807, 2.05) is 12.1 Å². The topological polar surface area (TPSA) is 33.0 Å². The number of ether oxygens (including phenoxy) is 1. The predicted octanol–water partition coefficient (Wildman–Crippen LogP) is 9.49. The molecule has 0 saturated carbocycles. The molecule has 0 aliphatic carbocycles. The van der Waals surface area contributed by atoms with Crippen molar-refractivity contribution in [3.63, 3.8) is 0 Å². The standard InChI is InChI=1S/C35H37NO/c1-26(29-18-14-28(25-36)15-19-29)12-16-31(32-20-22-35(37-3)23-21-32)17-13-27(2)33-10-7-11-34(24-33)30-8-5-4-6-9-30/h4-11,14-15,18-24,26-27,31H,12-13,16-17H2,1-3H3. The fourth-order valence-electron chi connectivity index (χ4n) is 5.13. The average molecular weight is 488 g/mol. The molecular formula is C35H37NO. The van der Waals surface area contributed by atoms with Gasteiger partial charge in [-0.2, -0.15) is 5.26 Å². The minimum absolute atomic E-state index is 0.452. The van der Waals surface area contributed by atoms with Crippen LogP contribution in [0.4, 0.5) is 0 Å². The molecule has 37 heavy (non-hydrogen) atoms. The van der Waals surface area contributed by atoms with Crippen LogP contribution in [-0.2, 0) is 0 Å². The maximum absolute atomic E-state index is 9.11. The predicted molar refractivity (Wildman–Crippen MR) is 154 cm³/mol. The molecular weight excluding hydrogens is 450 g/mol. The van der Waals surface area contributed by atoms with E-state index >= 15 is 0 Å². The Kier molecular flexibility index (Phi) is 9.17. The summed E-state index contributed by atoms with van der Waals surface area (Å²) in [5.41, 5.74) is 7.37.